The van der Waals surface area contributed by atoms with E-state index in [4.69, 9.17) is 0 Å². The molecule has 4 aromatic carbocycles. The minimum Gasteiger partial charge on any atom is -0.360 e. The molecule has 0 aromatic heterocycles. The van der Waals surface area contributed by atoms with Gasteiger partial charge in [0.1, 0.15) is 0 Å². The van der Waals surface area contributed by atoms with Gasteiger partial charge in [0.05, 0.1) is 11.5 Å². The summed E-state index contributed by atoms with van der Waals surface area (Å²) in [4.78, 5) is 17.8. The quantitative estimate of drug-likeness (QED) is 0.237. The smallest absolute Gasteiger partial charge is 0.173 e. The molecule has 0 saturated carbocycles. The number of nitrogens with zero attached hydrogens (tertiary/aromatic N) is 1. The molecule has 0 bridgehead atoms. The fourth-order valence-electron chi connectivity index (χ4n) is 7.88. The second-order valence-electron chi connectivity index (χ2n) is 13.0. The summed E-state index contributed by atoms with van der Waals surface area (Å²) in [6.07, 6.45) is 8.14. The fraction of sp³-hybridized carbons (Fsp3) is 0.275. The van der Waals surface area contributed by atoms with Crippen LogP contribution in [-0.2, 0) is 11.8 Å². The third-order valence-electron chi connectivity index (χ3n) is 10.1. The van der Waals surface area contributed by atoms with Crippen LogP contribution in [0.3, 0.4) is 0 Å². The molecule has 0 fully saturated rings. The third kappa shape index (κ3) is 3.96. The number of rotatable bonds is 4. The Balaban J connectivity index is 1.56. The first-order valence-corrected chi connectivity index (χ1v) is 15.4. The number of benzene rings is 4. The van der Waals surface area contributed by atoms with Gasteiger partial charge in [-0.1, -0.05) is 122 Å². The molecule has 3 aliphatic rings. The molecule has 2 aliphatic heterocycles. The molecule has 2 heterocycles. The summed E-state index contributed by atoms with van der Waals surface area (Å²) in [6.45, 7) is 9.91. The SMILES string of the molecule is Cc1ccc(C(=O)[C@@H]2C(c3ccccc3)=CC(c3ccc(C)cc3)=C[C@]23N2CCCCc4cccc(c42)C3(C)C)cc1. The minimum atomic E-state index is -0.585. The van der Waals surface area contributed by atoms with Gasteiger partial charge in [0.15, 0.2) is 5.78 Å². The summed E-state index contributed by atoms with van der Waals surface area (Å²) in [6, 6.07) is 34.5. The van der Waals surface area contributed by atoms with Gasteiger partial charge in [0.2, 0.25) is 0 Å². The van der Waals surface area contributed by atoms with Crippen molar-refractivity contribution in [2.45, 2.75) is 57.9 Å². The number of ketones is 1. The van der Waals surface area contributed by atoms with E-state index in [0.29, 0.717) is 0 Å². The first-order valence-electron chi connectivity index (χ1n) is 15.4. The molecular weight excluding hydrogens is 510 g/mol. The fourth-order valence-corrected chi connectivity index (χ4v) is 7.88. The number of para-hydroxylation sites is 1. The lowest BCUT2D eigenvalue weighted by Crippen LogP contribution is -2.62. The van der Waals surface area contributed by atoms with Crippen molar-refractivity contribution in [2.24, 2.45) is 5.92 Å². The molecule has 7 rings (SSSR count). The summed E-state index contributed by atoms with van der Waals surface area (Å²) >= 11 is 0. The number of Topliss-reactive ketones (excluding diaryl/α,β-unsaturated/α-hetero) is 1. The second-order valence-corrected chi connectivity index (χ2v) is 13.0. The predicted molar refractivity (Wildman–Crippen MR) is 175 cm³/mol. The van der Waals surface area contributed by atoms with Crippen LogP contribution >= 0.6 is 0 Å². The molecule has 2 heteroatoms. The van der Waals surface area contributed by atoms with E-state index in [1.165, 1.54) is 33.5 Å². The molecule has 0 unspecified atom stereocenters. The molecule has 0 saturated heterocycles. The van der Waals surface area contributed by atoms with Crippen LogP contribution < -0.4 is 4.90 Å². The summed E-state index contributed by atoms with van der Waals surface area (Å²) in [5.74, 6) is -0.193. The van der Waals surface area contributed by atoms with Gasteiger partial charge < -0.3 is 4.90 Å². The van der Waals surface area contributed by atoms with Crippen LogP contribution in [0.1, 0.15) is 70.4 Å². The first kappa shape index (κ1) is 26.7. The van der Waals surface area contributed by atoms with Crippen molar-refractivity contribution in [2.75, 3.05) is 11.4 Å². The van der Waals surface area contributed by atoms with Crippen molar-refractivity contribution in [3.05, 3.63) is 148 Å². The summed E-state index contributed by atoms with van der Waals surface area (Å²) < 4.78 is 0. The summed E-state index contributed by atoms with van der Waals surface area (Å²) in [5.41, 5.74) is 11.0. The second kappa shape index (κ2) is 9.98. The molecule has 0 N–H and O–H groups in total. The highest BCUT2D eigenvalue weighted by Crippen LogP contribution is 2.62. The van der Waals surface area contributed by atoms with Crippen molar-refractivity contribution < 1.29 is 4.79 Å². The van der Waals surface area contributed by atoms with Gasteiger partial charge in [0, 0.05) is 23.2 Å². The van der Waals surface area contributed by atoms with Crippen LogP contribution in [0.5, 0.6) is 0 Å². The molecule has 42 heavy (non-hydrogen) atoms. The maximum Gasteiger partial charge on any atom is 0.173 e. The van der Waals surface area contributed by atoms with Crippen LogP contribution in [0.15, 0.2) is 109 Å². The number of hydrogen-bond acceptors (Lipinski definition) is 2. The van der Waals surface area contributed by atoms with Gasteiger partial charge in [-0.25, -0.2) is 0 Å². The van der Waals surface area contributed by atoms with E-state index in [1.54, 1.807) is 0 Å². The van der Waals surface area contributed by atoms with Gasteiger partial charge in [-0.05, 0) is 78.7 Å². The number of carbonyl (C=O) groups excluding carboxylic acids is 1. The van der Waals surface area contributed by atoms with Crippen molar-refractivity contribution >= 4 is 22.6 Å². The first-order chi connectivity index (χ1) is 20.3. The van der Waals surface area contributed by atoms with Crippen LogP contribution in [-0.4, -0.2) is 17.9 Å². The predicted octanol–water partition coefficient (Wildman–Crippen LogP) is 9.16. The van der Waals surface area contributed by atoms with Gasteiger partial charge in [-0.2, -0.15) is 0 Å². The molecule has 4 aromatic rings. The van der Waals surface area contributed by atoms with Crippen LogP contribution in [0.25, 0.3) is 11.1 Å². The average Bonchev–Trinajstić information content (AvgIpc) is 3.13. The third-order valence-corrected chi connectivity index (χ3v) is 10.1. The Labute approximate surface area is 250 Å². The number of aryl methyl sites for hydroxylation is 3. The van der Waals surface area contributed by atoms with Crippen LogP contribution in [0.4, 0.5) is 5.69 Å². The lowest BCUT2D eigenvalue weighted by molar-refractivity contribution is 0.0882. The minimum absolute atomic E-state index is 0.191. The van der Waals surface area contributed by atoms with Crippen LogP contribution in [0, 0.1) is 19.8 Å². The maximum atomic E-state index is 15.1. The Bertz CT molecular complexity index is 1720. The number of anilines is 1. The maximum absolute atomic E-state index is 15.1. The average molecular weight is 550 g/mol. The monoisotopic (exact) mass is 549 g/mol. The van der Waals surface area contributed by atoms with E-state index in [9.17, 15) is 0 Å². The molecule has 0 amide bonds. The van der Waals surface area contributed by atoms with Crippen LogP contribution in [0.2, 0.25) is 0 Å². The van der Waals surface area contributed by atoms with E-state index in [1.807, 2.05) is 12.1 Å². The number of fused-ring (bicyclic) bond motifs is 1. The molecule has 0 radical (unpaired) electrons. The van der Waals surface area contributed by atoms with Crippen molar-refractivity contribution in [1.29, 1.82) is 0 Å². The summed E-state index contributed by atoms with van der Waals surface area (Å²) in [7, 11) is 0. The lowest BCUT2D eigenvalue weighted by atomic mass is 9.57. The largest absolute Gasteiger partial charge is 0.360 e. The van der Waals surface area contributed by atoms with Gasteiger partial charge >= 0.3 is 0 Å². The molecular formula is C40H39NO. The van der Waals surface area contributed by atoms with Gasteiger partial charge in [0.25, 0.3) is 0 Å². The Hall–Kier alpha value is -4.17. The zero-order valence-electron chi connectivity index (χ0n) is 25.2. The van der Waals surface area contributed by atoms with Crippen molar-refractivity contribution in [1.82, 2.24) is 0 Å². The molecule has 1 spiro atoms. The highest BCUT2D eigenvalue weighted by atomic mass is 16.1. The molecule has 1 aliphatic carbocycles. The number of allylic oxidation sites excluding steroid dienone is 2. The zero-order chi connectivity index (χ0) is 29.1. The van der Waals surface area contributed by atoms with Crippen molar-refractivity contribution in [3.63, 3.8) is 0 Å². The Morgan fingerprint density at radius 1 is 0.762 bits per heavy atom. The lowest BCUT2D eigenvalue weighted by Gasteiger charge is -2.53. The normalized spacial score (nSPS) is 22.3. The topological polar surface area (TPSA) is 20.3 Å². The van der Waals surface area contributed by atoms with E-state index in [2.05, 4.69) is 130 Å². The van der Waals surface area contributed by atoms with E-state index < -0.39 is 5.54 Å². The molecule has 2 nitrogen and oxygen atoms in total. The number of hydrogen-bond donors (Lipinski definition) is 0. The van der Waals surface area contributed by atoms with Crippen molar-refractivity contribution in [3.8, 4) is 0 Å². The zero-order valence-corrected chi connectivity index (χ0v) is 25.2. The highest BCUT2D eigenvalue weighted by molar-refractivity contribution is 6.10. The van der Waals surface area contributed by atoms with E-state index in [0.717, 1.165) is 48.1 Å². The molecule has 2 atom stereocenters. The molecule has 210 valence electrons. The summed E-state index contributed by atoms with van der Waals surface area (Å²) in [5, 5.41) is 0. The number of carbonyl (C=O) groups is 1. The Kier molecular flexibility index (Phi) is 6.35. The van der Waals surface area contributed by atoms with E-state index in [-0.39, 0.29) is 17.1 Å². The Morgan fingerprint density at radius 2 is 1.45 bits per heavy atom. The van der Waals surface area contributed by atoms with E-state index >= 15 is 4.79 Å². The van der Waals surface area contributed by atoms with Gasteiger partial charge in [-0.3, -0.25) is 4.79 Å². The Morgan fingerprint density at radius 3 is 2.17 bits per heavy atom. The standard InChI is InChI=1S/C40H39NO/c1-27-16-20-29(21-17-27)33-25-34(30-11-6-5-7-12-30)36(38(42)32-22-18-28(2)19-23-32)40(26-33)39(3,4)35-15-10-14-31-13-8-9-24-41(40)37(31)35/h5-7,10-12,14-23,25-26,36H,8-9,13,24H2,1-4H3/t36-,40-/m0/s1. The van der Waals surface area contributed by atoms with Gasteiger partial charge in [-0.15, -0.1) is 0 Å². The highest BCUT2D eigenvalue weighted by Gasteiger charge is 2.63.